The number of hydrogen-bond donors (Lipinski definition) is 0. The van der Waals surface area contributed by atoms with Gasteiger partial charge in [-0.2, -0.15) is 0 Å². The van der Waals surface area contributed by atoms with Crippen LogP contribution >= 0.6 is 0 Å². The van der Waals surface area contributed by atoms with Gasteiger partial charge in [0.05, 0.1) is 6.54 Å². The Morgan fingerprint density at radius 3 is 2.47 bits per heavy atom. The monoisotopic (exact) mass is 249 g/mol. The summed E-state index contributed by atoms with van der Waals surface area (Å²) in [5.74, 6) is 0. The molecule has 19 heavy (non-hydrogen) atoms. The van der Waals surface area contributed by atoms with Crippen molar-refractivity contribution in [3.63, 3.8) is 0 Å². The minimum Gasteiger partial charge on any atom is -0.340 e. The van der Waals surface area contributed by atoms with Crippen LogP contribution in [0, 0.1) is 0 Å². The van der Waals surface area contributed by atoms with E-state index in [0.717, 1.165) is 18.2 Å². The first-order chi connectivity index (χ1) is 9.38. The van der Waals surface area contributed by atoms with E-state index in [-0.39, 0.29) is 0 Å². The molecule has 0 aliphatic heterocycles. The summed E-state index contributed by atoms with van der Waals surface area (Å²) in [6.45, 7) is 0.412. The lowest BCUT2D eigenvalue weighted by Crippen LogP contribution is -1.96. The van der Waals surface area contributed by atoms with Crippen molar-refractivity contribution in [2.45, 2.75) is 13.0 Å². The van der Waals surface area contributed by atoms with Crippen LogP contribution in [0.5, 0.6) is 0 Å². The van der Waals surface area contributed by atoms with Gasteiger partial charge in [0.15, 0.2) is 0 Å². The van der Waals surface area contributed by atoms with Crippen molar-refractivity contribution in [2.24, 2.45) is 0 Å². The third kappa shape index (κ3) is 2.29. The van der Waals surface area contributed by atoms with Crippen molar-refractivity contribution in [3.05, 3.63) is 71.9 Å². The van der Waals surface area contributed by atoms with E-state index in [1.54, 1.807) is 0 Å². The first kappa shape index (κ1) is 11.7. The van der Waals surface area contributed by atoms with Gasteiger partial charge in [-0.3, -0.25) is 0 Å². The third-order valence-electron chi connectivity index (χ3n) is 3.38. The zero-order valence-electron chi connectivity index (χ0n) is 10.6. The maximum Gasteiger partial charge on any atom is 0.139 e. The maximum absolute atomic E-state index is 10.8. The van der Waals surface area contributed by atoms with Crippen molar-refractivity contribution >= 4 is 17.2 Å². The first-order valence-electron chi connectivity index (χ1n) is 6.43. The van der Waals surface area contributed by atoms with Gasteiger partial charge in [0, 0.05) is 17.1 Å². The molecule has 1 aromatic heterocycles. The van der Waals surface area contributed by atoms with Crippen LogP contribution in [0.15, 0.2) is 60.8 Å². The molecule has 94 valence electrons. The third-order valence-corrected chi connectivity index (χ3v) is 3.38. The highest BCUT2D eigenvalue weighted by Crippen LogP contribution is 2.23. The SMILES string of the molecule is O=CCn1cc(Cc2ccccc2)c2ccccc21. The van der Waals surface area contributed by atoms with Crippen LogP contribution in [0.4, 0.5) is 0 Å². The number of carbonyl (C=O) groups is 1. The summed E-state index contributed by atoms with van der Waals surface area (Å²) in [6.07, 6.45) is 3.93. The highest BCUT2D eigenvalue weighted by molar-refractivity contribution is 5.84. The highest BCUT2D eigenvalue weighted by atomic mass is 16.1. The zero-order chi connectivity index (χ0) is 13.1. The molecule has 0 aliphatic carbocycles. The van der Waals surface area contributed by atoms with E-state index < -0.39 is 0 Å². The van der Waals surface area contributed by atoms with E-state index in [1.807, 2.05) is 22.8 Å². The molecule has 0 bridgehead atoms. The summed E-state index contributed by atoms with van der Waals surface area (Å²) in [6, 6.07) is 18.6. The molecule has 2 aromatic carbocycles. The number of aldehydes is 1. The second-order valence-corrected chi connectivity index (χ2v) is 4.65. The van der Waals surface area contributed by atoms with Crippen LogP contribution in [0.2, 0.25) is 0 Å². The van der Waals surface area contributed by atoms with Gasteiger partial charge in [0.2, 0.25) is 0 Å². The predicted octanol–water partition coefficient (Wildman–Crippen LogP) is 3.43. The fourth-order valence-corrected chi connectivity index (χ4v) is 2.51. The van der Waals surface area contributed by atoms with Gasteiger partial charge in [-0.1, -0.05) is 48.5 Å². The van der Waals surface area contributed by atoms with Gasteiger partial charge in [-0.05, 0) is 23.6 Å². The first-order valence-corrected chi connectivity index (χ1v) is 6.43. The smallest absolute Gasteiger partial charge is 0.139 e. The van der Waals surface area contributed by atoms with Crippen LogP contribution in [-0.4, -0.2) is 10.9 Å². The zero-order valence-corrected chi connectivity index (χ0v) is 10.6. The van der Waals surface area contributed by atoms with Crippen LogP contribution in [-0.2, 0) is 17.8 Å². The summed E-state index contributed by atoms with van der Waals surface area (Å²) in [5, 5.41) is 1.23. The molecule has 0 amide bonds. The largest absolute Gasteiger partial charge is 0.340 e. The molecule has 3 aromatic rings. The van der Waals surface area contributed by atoms with Crippen LogP contribution in [0.3, 0.4) is 0 Å². The second-order valence-electron chi connectivity index (χ2n) is 4.65. The molecule has 1 heterocycles. The van der Waals surface area contributed by atoms with Gasteiger partial charge >= 0.3 is 0 Å². The molecule has 2 nitrogen and oxygen atoms in total. The van der Waals surface area contributed by atoms with Gasteiger partial charge in [0.25, 0.3) is 0 Å². The fraction of sp³-hybridized carbons (Fsp3) is 0.118. The molecule has 0 aliphatic rings. The van der Waals surface area contributed by atoms with Crippen LogP contribution < -0.4 is 0 Å². The number of hydrogen-bond acceptors (Lipinski definition) is 1. The molecular formula is C17H15NO. The number of para-hydroxylation sites is 1. The Morgan fingerprint density at radius 1 is 0.947 bits per heavy atom. The molecule has 0 saturated carbocycles. The van der Waals surface area contributed by atoms with Crippen molar-refractivity contribution in [1.29, 1.82) is 0 Å². The lowest BCUT2D eigenvalue weighted by atomic mass is 10.0. The molecule has 0 spiro atoms. The Hall–Kier alpha value is -2.35. The number of carbonyl (C=O) groups excluding carboxylic acids is 1. The molecule has 0 radical (unpaired) electrons. The summed E-state index contributed by atoms with van der Waals surface area (Å²) in [4.78, 5) is 10.8. The lowest BCUT2D eigenvalue weighted by Gasteiger charge is -1.99. The van der Waals surface area contributed by atoms with Crippen molar-refractivity contribution in [2.75, 3.05) is 0 Å². The van der Waals surface area contributed by atoms with Gasteiger partial charge < -0.3 is 9.36 Å². The number of benzene rings is 2. The van der Waals surface area contributed by atoms with E-state index >= 15 is 0 Å². The Balaban J connectivity index is 2.06. The van der Waals surface area contributed by atoms with E-state index in [9.17, 15) is 4.79 Å². The van der Waals surface area contributed by atoms with Gasteiger partial charge in [-0.15, -0.1) is 0 Å². The van der Waals surface area contributed by atoms with Crippen molar-refractivity contribution in [3.8, 4) is 0 Å². The van der Waals surface area contributed by atoms with Crippen LogP contribution in [0.25, 0.3) is 10.9 Å². The molecule has 0 unspecified atom stereocenters. The van der Waals surface area contributed by atoms with Crippen molar-refractivity contribution in [1.82, 2.24) is 4.57 Å². The van der Waals surface area contributed by atoms with E-state index in [0.29, 0.717) is 6.54 Å². The van der Waals surface area contributed by atoms with Crippen LogP contribution in [0.1, 0.15) is 11.1 Å². The average molecular weight is 249 g/mol. The maximum atomic E-state index is 10.8. The van der Waals surface area contributed by atoms with E-state index in [1.165, 1.54) is 16.5 Å². The number of aromatic nitrogens is 1. The van der Waals surface area contributed by atoms with Gasteiger partial charge in [-0.25, -0.2) is 0 Å². The molecule has 0 saturated heterocycles. The fourth-order valence-electron chi connectivity index (χ4n) is 2.51. The van der Waals surface area contributed by atoms with Crippen molar-refractivity contribution < 1.29 is 4.79 Å². The average Bonchev–Trinajstić information content (AvgIpc) is 2.79. The lowest BCUT2D eigenvalue weighted by molar-refractivity contribution is -0.108. The van der Waals surface area contributed by atoms with Gasteiger partial charge in [0.1, 0.15) is 6.29 Å². The predicted molar refractivity (Wildman–Crippen MR) is 77.3 cm³/mol. The number of nitrogens with zero attached hydrogens (tertiary/aromatic N) is 1. The molecule has 0 N–H and O–H groups in total. The molecule has 2 heteroatoms. The number of fused-ring (bicyclic) bond motifs is 1. The highest BCUT2D eigenvalue weighted by Gasteiger charge is 2.07. The Kier molecular flexibility index (Phi) is 3.15. The summed E-state index contributed by atoms with van der Waals surface area (Å²) in [7, 11) is 0. The summed E-state index contributed by atoms with van der Waals surface area (Å²) < 4.78 is 2.01. The Bertz CT molecular complexity index is 698. The molecule has 0 atom stereocenters. The van der Waals surface area contributed by atoms with E-state index in [4.69, 9.17) is 0 Å². The second kappa shape index (κ2) is 5.11. The minimum absolute atomic E-state index is 0.412. The molecule has 0 fully saturated rings. The quantitative estimate of drug-likeness (QED) is 0.649. The minimum atomic E-state index is 0.412. The normalized spacial score (nSPS) is 10.7. The topological polar surface area (TPSA) is 22.0 Å². The van der Waals surface area contributed by atoms with E-state index in [2.05, 4.69) is 42.6 Å². The summed E-state index contributed by atoms with van der Waals surface area (Å²) >= 11 is 0. The number of rotatable bonds is 4. The molecule has 3 rings (SSSR count). The Morgan fingerprint density at radius 2 is 1.68 bits per heavy atom. The standard InChI is InChI=1S/C17H15NO/c19-11-10-18-13-15(12-14-6-2-1-3-7-14)16-8-4-5-9-17(16)18/h1-9,11,13H,10,12H2. The Labute approximate surface area is 112 Å². The summed E-state index contributed by atoms with van der Waals surface area (Å²) in [5.41, 5.74) is 3.68. The molecular weight excluding hydrogens is 234 g/mol.